The Morgan fingerprint density at radius 2 is 2.13 bits per heavy atom. The van der Waals surface area contributed by atoms with Gasteiger partial charge in [-0.25, -0.2) is 4.98 Å². The smallest absolute Gasteiger partial charge is 0.229 e. The van der Waals surface area contributed by atoms with Crippen LogP contribution in [0.4, 0.5) is 0 Å². The van der Waals surface area contributed by atoms with Crippen LogP contribution in [0, 0.1) is 0 Å². The Kier molecular flexibility index (Phi) is 3.61. The summed E-state index contributed by atoms with van der Waals surface area (Å²) in [4.78, 5) is 11.4. The van der Waals surface area contributed by atoms with Crippen LogP contribution in [0.1, 0.15) is 56.3 Å². The van der Waals surface area contributed by atoms with Gasteiger partial charge in [-0.05, 0) is 31.5 Å². The summed E-state index contributed by atoms with van der Waals surface area (Å²) in [6.07, 6.45) is 2.16. The second kappa shape index (κ2) is 5.77. The van der Waals surface area contributed by atoms with E-state index < -0.39 is 0 Å². The van der Waals surface area contributed by atoms with Gasteiger partial charge >= 0.3 is 0 Å². The highest BCUT2D eigenvalue weighted by atomic mass is 16.5. The molecule has 2 aromatic heterocycles. The van der Waals surface area contributed by atoms with Crippen molar-refractivity contribution in [1.29, 1.82) is 0 Å². The maximum absolute atomic E-state index is 5.84. The topological polar surface area (TPSA) is 68.2 Å². The van der Waals surface area contributed by atoms with Crippen molar-refractivity contribution in [3.05, 3.63) is 41.9 Å². The zero-order chi connectivity index (χ0) is 15.8. The van der Waals surface area contributed by atoms with Crippen LogP contribution < -0.4 is 0 Å². The minimum Gasteiger partial charge on any atom is -0.439 e. The van der Waals surface area contributed by atoms with E-state index in [0.29, 0.717) is 12.4 Å². The second-order valence-electron chi connectivity index (χ2n) is 6.35. The van der Waals surface area contributed by atoms with Crippen molar-refractivity contribution in [2.24, 2.45) is 0 Å². The van der Waals surface area contributed by atoms with Gasteiger partial charge in [0.05, 0.1) is 12.6 Å². The summed E-state index contributed by atoms with van der Waals surface area (Å²) in [5, 5.41) is 4.18. The van der Waals surface area contributed by atoms with E-state index in [1.165, 1.54) is 0 Å². The van der Waals surface area contributed by atoms with Crippen LogP contribution in [0.3, 0.4) is 0 Å². The summed E-state index contributed by atoms with van der Waals surface area (Å²) >= 11 is 0. The molecule has 6 heteroatoms. The van der Waals surface area contributed by atoms with Crippen molar-refractivity contribution in [1.82, 2.24) is 20.0 Å². The van der Waals surface area contributed by atoms with Gasteiger partial charge in [0.1, 0.15) is 5.52 Å². The van der Waals surface area contributed by atoms with E-state index >= 15 is 0 Å². The first kappa shape index (κ1) is 14.4. The lowest BCUT2D eigenvalue weighted by molar-refractivity contribution is 0.214. The summed E-state index contributed by atoms with van der Waals surface area (Å²) in [5.41, 5.74) is 1.74. The van der Waals surface area contributed by atoms with Gasteiger partial charge in [0.15, 0.2) is 11.4 Å². The van der Waals surface area contributed by atoms with Crippen LogP contribution in [0.15, 0.2) is 33.2 Å². The lowest BCUT2D eigenvalue weighted by atomic mass is 10.2. The van der Waals surface area contributed by atoms with Crippen molar-refractivity contribution >= 4 is 11.1 Å². The van der Waals surface area contributed by atoms with Crippen molar-refractivity contribution in [2.75, 3.05) is 6.54 Å². The Balaban J connectivity index is 1.55. The first-order valence-electron chi connectivity index (χ1n) is 8.12. The molecule has 1 saturated heterocycles. The molecule has 3 aromatic rings. The fraction of sp³-hybridized carbons (Fsp3) is 0.471. The first-order valence-corrected chi connectivity index (χ1v) is 8.12. The van der Waals surface area contributed by atoms with E-state index in [-0.39, 0.29) is 12.0 Å². The molecule has 0 aliphatic carbocycles. The SMILES string of the molecule is CC(C)c1nc([C@H]2CCCN2Cc2nc3ccccc3o2)no1. The Morgan fingerprint density at radius 3 is 2.91 bits per heavy atom. The number of likely N-dealkylation sites (tertiary alicyclic amines) is 1. The van der Waals surface area contributed by atoms with E-state index in [1.807, 2.05) is 24.3 Å². The highest BCUT2D eigenvalue weighted by molar-refractivity contribution is 5.72. The van der Waals surface area contributed by atoms with E-state index in [0.717, 1.165) is 42.2 Å². The third kappa shape index (κ3) is 2.74. The Morgan fingerprint density at radius 1 is 1.26 bits per heavy atom. The maximum Gasteiger partial charge on any atom is 0.229 e. The summed E-state index contributed by atoms with van der Waals surface area (Å²) in [6, 6.07) is 8.03. The summed E-state index contributed by atoms with van der Waals surface area (Å²) < 4.78 is 11.2. The highest BCUT2D eigenvalue weighted by Crippen LogP contribution is 2.32. The Hall–Kier alpha value is -2.21. The first-order chi connectivity index (χ1) is 11.2. The molecule has 3 heterocycles. The van der Waals surface area contributed by atoms with Crippen LogP contribution in [-0.2, 0) is 6.54 Å². The summed E-state index contributed by atoms with van der Waals surface area (Å²) in [5.74, 6) is 2.48. The van der Waals surface area contributed by atoms with Gasteiger partial charge in [0, 0.05) is 5.92 Å². The maximum atomic E-state index is 5.84. The van der Waals surface area contributed by atoms with Gasteiger partial charge in [-0.1, -0.05) is 31.1 Å². The monoisotopic (exact) mass is 312 g/mol. The molecule has 1 fully saturated rings. The highest BCUT2D eigenvalue weighted by Gasteiger charge is 2.31. The Labute approximate surface area is 134 Å². The number of hydrogen-bond donors (Lipinski definition) is 0. The number of hydrogen-bond acceptors (Lipinski definition) is 6. The molecule has 4 rings (SSSR count). The summed E-state index contributed by atoms with van der Waals surface area (Å²) in [6.45, 7) is 5.78. The number of fused-ring (bicyclic) bond motifs is 1. The molecule has 1 atom stereocenters. The molecule has 0 amide bonds. The zero-order valence-corrected chi connectivity index (χ0v) is 13.4. The predicted octanol–water partition coefficient (Wildman–Crippen LogP) is 3.67. The largest absolute Gasteiger partial charge is 0.439 e. The fourth-order valence-electron chi connectivity index (χ4n) is 3.09. The third-order valence-corrected chi connectivity index (χ3v) is 4.29. The van der Waals surface area contributed by atoms with E-state index in [9.17, 15) is 0 Å². The van der Waals surface area contributed by atoms with E-state index in [2.05, 4.69) is 33.9 Å². The van der Waals surface area contributed by atoms with Crippen LogP contribution in [0.25, 0.3) is 11.1 Å². The van der Waals surface area contributed by atoms with E-state index in [1.54, 1.807) is 0 Å². The quantitative estimate of drug-likeness (QED) is 0.732. The molecule has 0 bridgehead atoms. The number of benzene rings is 1. The van der Waals surface area contributed by atoms with Crippen molar-refractivity contribution in [3.8, 4) is 0 Å². The number of oxazole rings is 1. The minimum absolute atomic E-state index is 0.182. The van der Waals surface area contributed by atoms with Gasteiger partial charge in [0.25, 0.3) is 0 Å². The molecule has 0 saturated carbocycles. The van der Waals surface area contributed by atoms with Gasteiger partial charge in [0.2, 0.25) is 11.8 Å². The number of aromatic nitrogens is 3. The molecule has 1 aliphatic heterocycles. The van der Waals surface area contributed by atoms with Crippen LogP contribution in [-0.4, -0.2) is 26.6 Å². The molecule has 1 aromatic carbocycles. The average molecular weight is 312 g/mol. The summed E-state index contributed by atoms with van der Waals surface area (Å²) in [7, 11) is 0. The molecular weight excluding hydrogens is 292 g/mol. The van der Waals surface area contributed by atoms with Crippen LogP contribution in [0.2, 0.25) is 0 Å². The normalized spacial score (nSPS) is 19.2. The van der Waals surface area contributed by atoms with Gasteiger partial charge in [-0.3, -0.25) is 4.90 Å². The van der Waals surface area contributed by atoms with E-state index in [4.69, 9.17) is 8.94 Å². The molecule has 23 heavy (non-hydrogen) atoms. The van der Waals surface area contributed by atoms with Crippen molar-refractivity contribution in [2.45, 2.75) is 45.2 Å². The van der Waals surface area contributed by atoms with Gasteiger partial charge in [-0.15, -0.1) is 0 Å². The van der Waals surface area contributed by atoms with Crippen molar-refractivity contribution < 1.29 is 8.94 Å². The third-order valence-electron chi connectivity index (χ3n) is 4.29. The van der Waals surface area contributed by atoms with Crippen LogP contribution in [0.5, 0.6) is 0 Å². The minimum atomic E-state index is 0.182. The molecule has 1 aliphatic rings. The number of rotatable bonds is 4. The average Bonchev–Trinajstić information content (AvgIpc) is 3.25. The molecule has 0 spiro atoms. The van der Waals surface area contributed by atoms with Gasteiger partial charge in [-0.2, -0.15) is 4.98 Å². The number of para-hydroxylation sites is 2. The molecule has 0 unspecified atom stereocenters. The fourth-order valence-corrected chi connectivity index (χ4v) is 3.09. The Bertz CT molecular complexity index is 775. The zero-order valence-electron chi connectivity index (χ0n) is 13.4. The lowest BCUT2D eigenvalue weighted by Crippen LogP contribution is -2.23. The predicted molar refractivity (Wildman–Crippen MR) is 84.8 cm³/mol. The lowest BCUT2D eigenvalue weighted by Gasteiger charge is -2.19. The van der Waals surface area contributed by atoms with Gasteiger partial charge < -0.3 is 8.94 Å². The molecular formula is C17H20N4O2. The number of nitrogens with zero attached hydrogens (tertiary/aromatic N) is 4. The molecule has 120 valence electrons. The second-order valence-corrected chi connectivity index (χ2v) is 6.35. The van der Waals surface area contributed by atoms with Crippen LogP contribution >= 0.6 is 0 Å². The standard InChI is InChI=1S/C17H20N4O2/c1-11(2)17-19-16(20-23-17)13-7-5-9-21(13)10-15-18-12-6-3-4-8-14(12)22-15/h3-4,6,8,11,13H,5,7,9-10H2,1-2H3/t13-/m1/s1. The van der Waals surface area contributed by atoms with Crippen molar-refractivity contribution in [3.63, 3.8) is 0 Å². The molecule has 0 radical (unpaired) electrons. The molecule has 0 N–H and O–H groups in total. The molecule has 6 nitrogen and oxygen atoms in total.